The number of hydrogen-bond donors (Lipinski definition) is 1. The highest BCUT2D eigenvalue weighted by Crippen LogP contribution is 2.15. The molecule has 0 aliphatic heterocycles. The molecule has 0 saturated carbocycles. The molecule has 0 aliphatic carbocycles. The normalized spacial score (nSPS) is 10.2. The van der Waals surface area contributed by atoms with Crippen LogP contribution in [0.5, 0.6) is 0 Å². The molecule has 98 valence electrons. The van der Waals surface area contributed by atoms with Gasteiger partial charge in [-0.15, -0.1) is 0 Å². The molecule has 1 amide bonds. The first-order valence-electron chi connectivity index (χ1n) is 5.55. The van der Waals surface area contributed by atoms with Crippen molar-refractivity contribution in [1.82, 2.24) is 15.1 Å². The van der Waals surface area contributed by atoms with E-state index in [1.165, 1.54) is 29.4 Å². The van der Waals surface area contributed by atoms with Crippen LogP contribution in [0.4, 0.5) is 5.69 Å². The predicted octanol–water partition coefficient (Wildman–Crippen LogP) is 1.59. The van der Waals surface area contributed by atoms with Crippen LogP contribution in [0.1, 0.15) is 15.9 Å². The monoisotopic (exact) mass is 260 g/mol. The summed E-state index contributed by atoms with van der Waals surface area (Å²) in [6.07, 6.45) is 2.94. The summed E-state index contributed by atoms with van der Waals surface area (Å²) in [5.41, 5.74) is 1.17. The SMILES string of the molecule is CN(Cc1cccc([N+](=O)[O-])c1)C(=O)c1cn[nH]c1. The molecule has 0 saturated heterocycles. The van der Waals surface area contributed by atoms with Crippen LogP contribution in [0.25, 0.3) is 0 Å². The average molecular weight is 260 g/mol. The molecule has 0 atom stereocenters. The van der Waals surface area contributed by atoms with Gasteiger partial charge in [-0.2, -0.15) is 5.10 Å². The van der Waals surface area contributed by atoms with Crippen molar-refractivity contribution in [1.29, 1.82) is 0 Å². The fraction of sp³-hybridized carbons (Fsp3) is 0.167. The quantitative estimate of drug-likeness (QED) is 0.667. The molecule has 19 heavy (non-hydrogen) atoms. The number of benzene rings is 1. The fourth-order valence-electron chi connectivity index (χ4n) is 1.70. The van der Waals surface area contributed by atoms with Crippen LogP contribution in [-0.4, -0.2) is 33.0 Å². The number of nitro benzene ring substituents is 1. The van der Waals surface area contributed by atoms with Gasteiger partial charge in [0.25, 0.3) is 11.6 Å². The Morgan fingerprint density at radius 3 is 2.95 bits per heavy atom. The van der Waals surface area contributed by atoms with Gasteiger partial charge >= 0.3 is 0 Å². The minimum absolute atomic E-state index is 0.0154. The van der Waals surface area contributed by atoms with Gasteiger partial charge in [0.05, 0.1) is 16.7 Å². The number of carbonyl (C=O) groups is 1. The zero-order valence-electron chi connectivity index (χ0n) is 10.2. The Balaban J connectivity index is 2.10. The van der Waals surface area contributed by atoms with E-state index in [1.54, 1.807) is 19.2 Å². The number of carbonyl (C=O) groups excluding carboxylic acids is 1. The van der Waals surface area contributed by atoms with Gasteiger partial charge in [-0.3, -0.25) is 20.0 Å². The molecule has 1 aromatic heterocycles. The first-order chi connectivity index (χ1) is 9.08. The van der Waals surface area contributed by atoms with Crippen LogP contribution in [0.15, 0.2) is 36.7 Å². The summed E-state index contributed by atoms with van der Waals surface area (Å²) in [5, 5.41) is 16.9. The van der Waals surface area contributed by atoms with Crippen molar-refractivity contribution in [3.8, 4) is 0 Å². The lowest BCUT2D eigenvalue weighted by molar-refractivity contribution is -0.384. The molecule has 2 rings (SSSR count). The molecule has 0 fully saturated rings. The lowest BCUT2D eigenvalue weighted by Gasteiger charge is -2.16. The standard InChI is InChI=1S/C12H12N4O3/c1-15(12(17)10-6-13-14-7-10)8-9-3-2-4-11(5-9)16(18)19/h2-7H,8H2,1H3,(H,13,14). The molecule has 0 radical (unpaired) electrons. The largest absolute Gasteiger partial charge is 0.337 e. The van der Waals surface area contributed by atoms with Crippen LogP contribution in [0, 0.1) is 10.1 Å². The Morgan fingerprint density at radius 2 is 2.32 bits per heavy atom. The molecule has 0 aliphatic rings. The Morgan fingerprint density at radius 1 is 1.53 bits per heavy atom. The van der Waals surface area contributed by atoms with E-state index in [0.29, 0.717) is 17.7 Å². The second-order valence-electron chi connectivity index (χ2n) is 4.08. The molecule has 0 spiro atoms. The van der Waals surface area contributed by atoms with Crippen molar-refractivity contribution in [2.45, 2.75) is 6.54 Å². The third kappa shape index (κ3) is 2.95. The molecule has 0 bridgehead atoms. The van der Waals surface area contributed by atoms with E-state index < -0.39 is 4.92 Å². The number of non-ortho nitro benzene ring substituents is 1. The smallest absolute Gasteiger partial charge is 0.269 e. The van der Waals surface area contributed by atoms with Gasteiger partial charge in [-0.1, -0.05) is 12.1 Å². The molecule has 1 aromatic carbocycles. The van der Waals surface area contributed by atoms with Crippen LogP contribution >= 0.6 is 0 Å². The molecule has 2 aromatic rings. The van der Waals surface area contributed by atoms with E-state index in [-0.39, 0.29) is 11.6 Å². The number of nitrogens with zero attached hydrogens (tertiary/aromatic N) is 3. The topological polar surface area (TPSA) is 92.1 Å². The predicted molar refractivity (Wildman–Crippen MR) is 67.5 cm³/mol. The maximum Gasteiger partial charge on any atom is 0.269 e. The number of nitrogens with one attached hydrogen (secondary N) is 1. The highest BCUT2D eigenvalue weighted by atomic mass is 16.6. The lowest BCUT2D eigenvalue weighted by Crippen LogP contribution is -2.25. The van der Waals surface area contributed by atoms with Crippen LogP contribution in [0.2, 0.25) is 0 Å². The number of hydrogen-bond acceptors (Lipinski definition) is 4. The van der Waals surface area contributed by atoms with Crippen molar-refractivity contribution < 1.29 is 9.72 Å². The number of nitro groups is 1. The number of H-pyrrole nitrogens is 1. The van der Waals surface area contributed by atoms with E-state index in [2.05, 4.69) is 10.2 Å². The van der Waals surface area contributed by atoms with Gasteiger partial charge in [0.1, 0.15) is 0 Å². The molecule has 1 heterocycles. The second kappa shape index (κ2) is 5.30. The van der Waals surface area contributed by atoms with Crippen LogP contribution in [-0.2, 0) is 6.54 Å². The number of rotatable bonds is 4. The molecule has 1 N–H and O–H groups in total. The molecule has 7 nitrogen and oxygen atoms in total. The van der Waals surface area contributed by atoms with Crippen LogP contribution < -0.4 is 0 Å². The summed E-state index contributed by atoms with van der Waals surface area (Å²) in [7, 11) is 1.63. The van der Waals surface area contributed by atoms with Gasteiger partial charge < -0.3 is 4.90 Å². The summed E-state index contributed by atoms with van der Waals surface area (Å²) in [6.45, 7) is 0.297. The Labute approximate surface area is 109 Å². The van der Waals surface area contributed by atoms with Crippen molar-refractivity contribution in [2.75, 3.05) is 7.05 Å². The third-order valence-corrected chi connectivity index (χ3v) is 2.63. The summed E-state index contributed by atoms with van der Waals surface area (Å²) in [5.74, 6) is -0.194. The van der Waals surface area contributed by atoms with E-state index in [9.17, 15) is 14.9 Å². The molecule has 7 heteroatoms. The molecule has 0 unspecified atom stereocenters. The Kier molecular flexibility index (Phi) is 3.56. The summed E-state index contributed by atoms with van der Waals surface area (Å²) < 4.78 is 0. The first-order valence-corrected chi connectivity index (χ1v) is 5.55. The van der Waals surface area contributed by atoms with E-state index in [1.807, 2.05) is 0 Å². The first kappa shape index (κ1) is 12.7. The van der Waals surface area contributed by atoms with Crippen molar-refractivity contribution in [3.05, 3.63) is 57.9 Å². The number of aromatic amines is 1. The van der Waals surface area contributed by atoms with E-state index in [4.69, 9.17) is 0 Å². The maximum absolute atomic E-state index is 12.0. The summed E-state index contributed by atoms with van der Waals surface area (Å²) in [4.78, 5) is 23.7. The molecular weight excluding hydrogens is 248 g/mol. The highest BCUT2D eigenvalue weighted by Gasteiger charge is 2.14. The Hall–Kier alpha value is -2.70. The van der Waals surface area contributed by atoms with Gasteiger partial charge in [0, 0.05) is 31.9 Å². The highest BCUT2D eigenvalue weighted by molar-refractivity contribution is 5.93. The van der Waals surface area contributed by atoms with E-state index in [0.717, 1.165) is 0 Å². The van der Waals surface area contributed by atoms with Gasteiger partial charge in [0.15, 0.2) is 0 Å². The average Bonchev–Trinajstić information content (AvgIpc) is 2.92. The molecular formula is C12H12N4O3. The van der Waals surface area contributed by atoms with Gasteiger partial charge in [0.2, 0.25) is 0 Å². The maximum atomic E-state index is 12.0. The number of amides is 1. The fourth-order valence-corrected chi connectivity index (χ4v) is 1.70. The zero-order valence-corrected chi connectivity index (χ0v) is 10.2. The van der Waals surface area contributed by atoms with Gasteiger partial charge in [-0.25, -0.2) is 0 Å². The zero-order chi connectivity index (χ0) is 13.8. The van der Waals surface area contributed by atoms with Crippen molar-refractivity contribution in [3.63, 3.8) is 0 Å². The van der Waals surface area contributed by atoms with E-state index >= 15 is 0 Å². The summed E-state index contributed by atoms with van der Waals surface area (Å²) in [6, 6.07) is 6.22. The summed E-state index contributed by atoms with van der Waals surface area (Å²) >= 11 is 0. The second-order valence-corrected chi connectivity index (χ2v) is 4.08. The van der Waals surface area contributed by atoms with Crippen molar-refractivity contribution in [2.24, 2.45) is 0 Å². The Bertz CT molecular complexity index is 595. The lowest BCUT2D eigenvalue weighted by atomic mass is 10.2. The minimum Gasteiger partial charge on any atom is -0.337 e. The minimum atomic E-state index is -0.457. The third-order valence-electron chi connectivity index (χ3n) is 2.63. The van der Waals surface area contributed by atoms with Crippen molar-refractivity contribution >= 4 is 11.6 Å². The van der Waals surface area contributed by atoms with Crippen LogP contribution in [0.3, 0.4) is 0 Å². The number of aromatic nitrogens is 2. The van der Waals surface area contributed by atoms with Gasteiger partial charge in [-0.05, 0) is 5.56 Å².